The molecule has 0 unspecified atom stereocenters. The number of nitrogens with one attached hydrogen (secondary N) is 1. The standard InChI is InChI=1S/C45H28N6/c1-4-14-28(15-5-1)43-47-44(29-16-6-2-7-17-29)49-45(48-43)35-27-26-33-34-25-24-32-31-20-10-12-22-37(31)50(30-18-8-3-9-19-30)41(32)42(34)51-38-23-13-11-21-36(38)46-39(35)40(33)51/h1-27,46H. The number of hydrogen-bond acceptors (Lipinski definition) is 4. The van der Waals surface area contributed by atoms with Gasteiger partial charge in [0.15, 0.2) is 17.5 Å². The lowest BCUT2D eigenvalue weighted by atomic mass is 10.0. The maximum atomic E-state index is 5.14. The van der Waals surface area contributed by atoms with Gasteiger partial charge in [0.1, 0.15) is 0 Å². The first-order valence-corrected chi connectivity index (χ1v) is 17.1. The van der Waals surface area contributed by atoms with E-state index in [1.165, 1.54) is 32.7 Å². The van der Waals surface area contributed by atoms with Gasteiger partial charge >= 0.3 is 0 Å². The molecule has 0 aliphatic carbocycles. The smallest absolute Gasteiger partial charge is 0.166 e. The Labute approximate surface area is 292 Å². The number of para-hydroxylation sites is 4. The third-order valence-electron chi connectivity index (χ3n) is 10.1. The number of benzene rings is 7. The lowest BCUT2D eigenvalue weighted by Gasteiger charge is -2.24. The monoisotopic (exact) mass is 652 g/mol. The zero-order chi connectivity index (χ0) is 33.5. The molecule has 3 aromatic heterocycles. The predicted molar refractivity (Wildman–Crippen MR) is 208 cm³/mol. The fraction of sp³-hybridized carbons (Fsp3) is 0. The summed E-state index contributed by atoms with van der Waals surface area (Å²) in [7, 11) is 0. The summed E-state index contributed by atoms with van der Waals surface area (Å²) in [5.74, 6) is 1.89. The molecular formula is C45H28N6. The van der Waals surface area contributed by atoms with Gasteiger partial charge < -0.3 is 14.5 Å². The van der Waals surface area contributed by atoms with Crippen LogP contribution in [-0.2, 0) is 0 Å². The van der Waals surface area contributed by atoms with Gasteiger partial charge in [-0.1, -0.05) is 127 Å². The number of nitrogens with zero attached hydrogens (tertiary/aromatic N) is 5. The number of rotatable bonds is 4. The van der Waals surface area contributed by atoms with Crippen molar-refractivity contribution in [3.05, 3.63) is 164 Å². The van der Waals surface area contributed by atoms with Crippen molar-refractivity contribution in [2.24, 2.45) is 0 Å². The lowest BCUT2D eigenvalue weighted by molar-refractivity contribution is 1.07. The average molecular weight is 653 g/mol. The molecule has 1 aliphatic rings. The molecule has 0 amide bonds. The van der Waals surface area contributed by atoms with Crippen molar-refractivity contribution in [1.82, 2.24) is 24.1 Å². The summed E-state index contributed by atoms with van der Waals surface area (Å²) in [5.41, 5.74) is 11.7. The number of fused-ring (bicyclic) bond motifs is 9. The maximum absolute atomic E-state index is 5.14. The second-order valence-corrected chi connectivity index (χ2v) is 12.9. The summed E-state index contributed by atoms with van der Waals surface area (Å²) in [6.45, 7) is 0. The van der Waals surface area contributed by atoms with Crippen LogP contribution >= 0.6 is 0 Å². The van der Waals surface area contributed by atoms with E-state index in [4.69, 9.17) is 15.0 Å². The fourth-order valence-electron chi connectivity index (χ4n) is 7.87. The Balaban J connectivity index is 1.28. The van der Waals surface area contributed by atoms with Crippen molar-refractivity contribution in [2.75, 3.05) is 5.32 Å². The van der Waals surface area contributed by atoms with Gasteiger partial charge in [-0.15, -0.1) is 0 Å². The van der Waals surface area contributed by atoms with Crippen molar-refractivity contribution in [3.8, 4) is 45.5 Å². The van der Waals surface area contributed by atoms with Gasteiger partial charge in [-0.3, -0.25) is 0 Å². The predicted octanol–water partition coefficient (Wildman–Crippen LogP) is 11.1. The Morgan fingerprint density at radius 1 is 0.392 bits per heavy atom. The molecule has 1 aliphatic heterocycles. The Hall–Kier alpha value is -7.05. The summed E-state index contributed by atoms with van der Waals surface area (Å²) in [4.78, 5) is 15.2. The van der Waals surface area contributed by atoms with E-state index in [2.05, 4.69) is 118 Å². The molecule has 1 N–H and O–H groups in total. The van der Waals surface area contributed by atoms with E-state index in [-0.39, 0.29) is 0 Å². The van der Waals surface area contributed by atoms with Crippen LogP contribution in [0.2, 0.25) is 0 Å². The summed E-state index contributed by atoms with van der Waals surface area (Å²) >= 11 is 0. The SMILES string of the molecule is c1ccc(-c2nc(-c3ccccc3)nc(-c3ccc4c5ccc6c7ccccc7n(-c7ccccc7)c6c5n5c4c3Nc3ccccc3-5)n2)cc1. The van der Waals surface area contributed by atoms with Crippen molar-refractivity contribution >= 4 is 55.0 Å². The summed E-state index contributed by atoms with van der Waals surface area (Å²) < 4.78 is 4.87. The van der Waals surface area contributed by atoms with E-state index in [0.29, 0.717) is 17.5 Å². The molecule has 51 heavy (non-hydrogen) atoms. The summed E-state index contributed by atoms with van der Waals surface area (Å²) in [5, 5.41) is 8.65. The topological polar surface area (TPSA) is 60.6 Å². The van der Waals surface area contributed by atoms with Crippen molar-refractivity contribution < 1.29 is 0 Å². The van der Waals surface area contributed by atoms with Crippen LogP contribution in [0.4, 0.5) is 11.4 Å². The van der Waals surface area contributed by atoms with Crippen LogP contribution < -0.4 is 5.32 Å². The molecular weight excluding hydrogens is 625 g/mol. The third-order valence-corrected chi connectivity index (χ3v) is 10.1. The minimum Gasteiger partial charge on any atom is -0.351 e. The highest BCUT2D eigenvalue weighted by Gasteiger charge is 2.28. The highest BCUT2D eigenvalue weighted by molar-refractivity contribution is 6.26. The molecule has 0 saturated carbocycles. The molecule has 7 aromatic carbocycles. The minimum atomic E-state index is 0.617. The number of hydrogen-bond donors (Lipinski definition) is 1. The van der Waals surface area contributed by atoms with Crippen LogP contribution in [0.3, 0.4) is 0 Å². The van der Waals surface area contributed by atoms with Gasteiger partial charge in [0, 0.05) is 43.9 Å². The minimum absolute atomic E-state index is 0.617. The molecule has 0 spiro atoms. The molecule has 6 heteroatoms. The number of anilines is 2. The Morgan fingerprint density at radius 3 is 1.65 bits per heavy atom. The van der Waals surface area contributed by atoms with Crippen LogP contribution in [0, 0.1) is 0 Å². The molecule has 6 nitrogen and oxygen atoms in total. The van der Waals surface area contributed by atoms with Gasteiger partial charge in [-0.05, 0) is 36.4 Å². The van der Waals surface area contributed by atoms with Crippen LogP contribution in [0.15, 0.2) is 164 Å². The van der Waals surface area contributed by atoms with E-state index in [1.807, 2.05) is 60.7 Å². The molecule has 11 rings (SSSR count). The van der Waals surface area contributed by atoms with Crippen molar-refractivity contribution in [1.29, 1.82) is 0 Å². The molecule has 4 heterocycles. The zero-order valence-electron chi connectivity index (χ0n) is 27.3. The van der Waals surface area contributed by atoms with E-state index < -0.39 is 0 Å². The largest absolute Gasteiger partial charge is 0.351 e. The normalized spacial score (nSPS) is 12.1. The average Bonchev–Trinajstić information content (AvgIpc) is 3.73. The lowest BCUT2D eigenvalue weighted by Crippen LogP contribution is -2.10. The quantitative estimate of drug-likeness (QED) is 0.206. The molecule has 0 radical (unpaired) electrons. The first kappa shape index (κ1) is 27.9. The van der Waals surface area contributed by atoms with Gasteiger partial charge in [0.05, 0.1) is 39.1 Å². The van der Waals surface area contributed by atoms with Gasteiger partial charge in [0.25, 0.3) is 0 Å². The second-order valence-electron chi connectivity index (χ2n) is 12.9. The Kier molecular flexibility index (Phi) is 5.86. The van der Waals surface area contributed by atoms with Crippen LogP contribution in [0.1, 0.15) is 0 Å². The highest BCUT2D eigenvalue weighted by Crippen LogP contribution is 2.49. The first-order chi connectivity index (χ1) is 25.3. The molecule has 238 valence electrons. The van der Waals surface area contributed by atoms with E-state index in [1.54, 1.807) is 0 Å². The molecule has 0 saturated heterocycles. The highest BCUT2D eigenvalue weighted by atomic mass is 15.1. The van der Waals surface area contributed by atoms with E-state index >= 15 is 0 Å². The van der Waals surface area contributed by atoms with E-state index in [9.17, 15) is 0 Å². The summed E-state index contributed by atoms with van der Waals surface area (Å²) in [6, 6.07) is 57.2. The van der Waals surface area contributed by atoms with Crippen LogP contribution in [-0.4, -0.2) is 24.1 Å². The van der Waals surface area contributed by atoms with Gasteiger partial charge in [-0.25, -0.2) is 15.0 Å². The van der Waals surface area contributed by atoms with Crippen LogP contribution in [0.5, 0.6) is 0 Å². The molecule has 0 atom stereocenters. The number of aromatic nitrogens is 5. The fourth-order valence-corrected chi connectivity index (χ4v) is 7.87. The Bertz CT molecular complexity index is 2920. The van der Waals surface area contributed by atoms with Crippen molar-refractivity contribution in [2.45, 2.75) is 0 Å². The molecule has 10 aromatic rings. The molecule has 0 bridgehead atoms. The zero-order valence-corrected chi connectivity index (χ0v) is 27.3. The summed E-state index contributed by atoms with van der Waals surface area (Å²) in [6.07, 6.45) is 0. The maximum Gasteiger partial charge on any atom is 0.166 e. The molecule has 0 fully saturated rings. The van der Waals surface area contributed by atoms with Gasteiger partial charge in [-0.2, -0.15) is 0 Å². The first-order valence-electron chi connectivity index (χ1n) is 17.1. The van der Waals surface area contributed by atoms with Crippen LogP contribution in [0.25, 0.3) is 89.2 Å². The Morgan fingerprint density at radius 2 is 0.922 bits per heavy atom. The second kappa shape index (κ2) is 10.7. The van der Waals surface area contributed by atoms with Gasteiger partial charge in [0.2, 0.25) is 0 Å². The van der Waals surface area contributed by atoms with E-state index in [0.717, 1.165) is 50.3 Å². The van der Waals surface area contributed by atoms with Crippen molar-refractivity contribution in [3.63, 3.8) is 0 Å². The third kappa shape index (κ3) is 4.07.